The Morgan fingerprint density at radius 1 is 1.24 bits per heavy atom. The van der Waals surface area contributed by atoms with Crippen LogP contribution in [0.4, 0.5) is 8.78 Å². The number of piperidine rings is 1. The molecule has 11 heteroatoms. The van der Waals surface area contributed by atoms with Crippen LogP contribution in [0, 0.1) is 6.92 Å². The van der Waals surface area contributed by atoms with Gasteiger partial charge in [0.25, 0.3) is 11.8 Å². The number of hydrogen-bond donors (Lipinski definition) is 2. The van der Waals surface area contributed by atoms with Gasteiger partial charge < -0.3 is 10.3 Å². The molecule has 2 N–H and O–H groups in total. The molecule has 2 aliphatic rings. The predicted molar refractivity (Wildman–Crippen MR) is 141 cm³/mol. The van der Waals surface area contributed by atoms with E-state index in [0.29, 0.717) is 54.7 Å². The van der Waals surface area contributed by atoms with E-state index in [1.807, 2.05) is 35.9 Å². The molecule has 3 heterocycles. The molecule has 1 aliphatic carbocycles. The summed E-state index contributed by atoms with van der Waals surface area (Å²) in [6.07, 6.45) is 5.58. The van der Waals surface area contributed by atoms with Crippen molar-refractivity contribution in [3.05, 3.63) is 52.7 Å². The molecule has 0 radical (unpaired) electrons. The third-order valence-corrected chi connectivity index (χ3v) is 7.80. The van der Waals surface area contributed by atoms with E-state index in [2.05, 4.69) is 20.5 Å². The van der Waals surface area contributed by atoms with E-state index < -0.39 is 5.92 Å². The summed E-state index contributed by atoms with van der Waals surface area (Å²) < 4.78 is 29.8. The molecule has 1 atom stereocenters. The summed E-state index contributed by atoms with van der Waals surface area (Å²) in [5.41, 5.74) is 1.98. The number of halogens is 3. The molecule has 5 rings (SSSR count). The Morgan fingerprint density at radius 3 is 2.74 bits per heavy atom. The highest BCUT2D eigenvalue weighted by molar-refractivity contribution is 6.33. The van der Waals surface area contributed by atoms with Crippen LogP contribution >= 0.6 is 11.6 Å². The van der Waals surface area contributed by atoms with Crippen molar-refractivity contribution in [2.24, 2.45) is 0 Å². The second-order valence-corrected chi connectivity index (χ2v) is 10.9. The highest BCUT2D eigenvalue weighted by Gasteiger charge is 2.35. The summed E-state index contributed by atoms with van der Waals surface area (Å²) >= 11 is 6.52. The van der Waals surface area contributed by atoms with Gasteiger partial charge in [-0.25, -0.2) is 8.78 Å². The van der Waals surface area contributed by atoms with Crippen molar-refractivity contribution < 1.29 is 13.6 Å². The van der Waals surface area contributed by atoms with E-state index in [0.717, 1.165) is 36.9 Å². The Morgan fingerprint density at radius 2 is 2.03 bits per heavy atom. The quantitative estimate of drug-likeness (QED) is 0.385. The summed E-state index contributed by atoms with van der Waals surface area (Å²) in [5.74, 6) is -1.65. The van der Waals surface area contributed by atoms with E-state index in [1.165, 1.54) is 0 Å². The third-order valence-electron chi connectivity index (χ3n) is 7.48. The van der Waals surface area contributed by atoms with Crippen molar-refractivity contribution in [3.63, 3.8) is 0 Å². The predicted octanol–water partition coefficient (Wildman–Crippen LogP) is 5.21. The zero-order chi connectivity index (χ0) is 26.7. The number of alkyl halides is 2. The van der Waals surface area contributed by atoms with Crippen LogP contribution in [0.5, 0.6) is 0 Å². The van der Waals surface area contributed by atoms with Crippen LogP contribution in [0.25, 0.3) is 11.3 Å². The number of aryl methyl sites for hydroxylation is 1. The fourth-order valence-corrected chi connectivity index (χ4v) is 5.82. The lowest BCUT2D eigenvalue weighted by molar-refractivity contribution is -0.0644. The lowest BCUT2D eigenvalue weighted by Gasteiger charge is -2.33. The van der Waals surface area contributed by atoms with E-state index in [1.54, 1.807) is 11.0 Å². The van der Waals surface area contributed by atoms with Crippen LogP contribution in [0.1, 0.15) is 73.1 Å². The van der Waals surface area contributed by atoms with Gasteiger partial charge in [-0.3, -0.25) is 14.4 Å². The second-order valence-electron chi connectivity index (χ2n) is 10.5. The number of H-pyrrole nitrogens is 1. The molecule has 204 valence electrons. The first-order chi connectivity index (χ1) is 18.3. The zero-order valence-electron chi connectivity index (χ0n) is 21.6. The average molecular weight is 546 g/mol. The standard InChI is InChI=1S/C27H34ClF2N7O/c1-18-31-25(34-33-18)15-19(11-14-36-13-6-12-27(29,30)17-36)32-26(38)23-16-24(21-9-4-5-10-22(21)28)37(35-23)20-7-2-3-8-20/h4-5,9-10,16,19-20H,2-3,6-8,11-15,17H2,1H3,(H,32,38)(H,31,33,34). The number of hydrogen-bond acceptors (Lipinski definition) is 5. The van der Waals surface area contributed by atoms with Crippen molar-refractivity contribution in [3.8, 4) is 11.3 Å². The van der Waals surface area contributed by atoms with Crippen LogP contribution in [0.3, 0.4) is 0 Å². The van der Waals surface area contributed by atoms with Gasteiger partial charge in [0, 0.05) is 36.0 Å². The monoisotopic (exact) mass is 545 g/mol. The number of amides is 1. The first-order valence-corrected chi connectivity index (χ1v) is 13.8. The molecule has 2 fully saturated rings. The van der Waals surface area contributed by atoms with Gasteiger partial charge in [-0.2, -0.15) is 5.10 Å². The maximum Gasteiger partial charge on any atom is 0.272 e. The SMILES string of the molecule is Cc1nnc(CC(CCN2CCCC(F)(F)C2)NC(=O)c2cc(-c3ccccc3Cl)n(C3CCCC3)n2)[nH]1. The molecule has 1 unspecified atom stereocenters. The molecule has 2 aromatic heterocycles. The molecule has 38 heavy (non-hydrogen) atoms. The van der Waals surface area contributed by atoms with Crippen molar-refractivity contribution in [2.75, 3.05) is 19.6 Å². The second kappa shape index (κ2) is 11.5. The number of carbonyl (C=O) groups excluding carboxylic acids is 1. The van der Waals surface area contributed by atoms with Crippen LogP contribution in [0.15, 0.2) is 30.3 Å². The van der Waals surface area contributed by atoms with E-state index in [4.69, 9.17) is 16.7 Å². The van der Waals surface area contributed by atoms with Crippen molar-refractivity contribution >= 4 is 17.5 Å². The van der Waals surface area contributed by atoms with Gasteiger partial charge in [-0.15, -0.1) is 10.2 Å². The topological polar surface area (TPSA) is 91.7 Å². The zero-order valence-corrected chi connectivity index (χ0v) is 22.4. The summed E-state index contributed by atoms with van der Waals surface area (Å²) in [5, 5.41) is 16.6. The first kappa shape index (κ1) is 26.7. The Kier molecular flexibility index (Phi) is 8.09. The number of nitrogens with one attached hydrogen (secondary N) is 2. The van der Waals surface area contributed by atoms with Crippen LogP contribution < -0.4 is 5.32 Å². The normalized spacial score (nSPS) is 19.1. The summed E-state index contributed by atoms with van der Waals surface area (Å²) in [6, 6.07) is 9.27. The fraction of sp³-hybridized carbons (Fsp3) is 0.556. The minimum Gasteiger partial charge on any atom is -0.347 e. The van der Waals surface area contributed by atoms with Crippen LogP contribution in [-0.4, -0.2) is 67.4 Å². The minimum atomic E-state index is -2.67. The molecular formula is C27H34ClF2N7O. The Balaban J connectivity index is 1.35. The van der Waals surface area contributed by atoms with E-state index in [9.17, 15) is 13.6 Å². The van der Waals surface area contributed by atoms with Crippen molar-refractivity contribution in [2.45, 2.75) is 76.3 Å². The summed E-state index contributed by atoms with van der Waals surface area (Å²) in [4.78, 5) is 18.4. The first-order valence-electron chi connectivity index (χ1n) is 13.4. The molecular weight excluding hydrogens is 512 g/mol. The molecule has 1 saturated carbocycles. The number of carbonyl (C=O) groups is 1. The molecule has 1 aromatic carbocycles. The number of likely N-dealkylation sites (tertiary alicyclic amines) is 1. The van der Waals surface area contributed by atoms with Gasteiger partial charge in [0.1, 0.15) is 11.6 Å². The Labute approximate surface area is 226 Å². The van der Waals surface area contributed by atoms with Gasteiger partial charge >= 0.3 is 0 Å². The Bertz CT molecular complexity index is 1250. The fourth-order valence-electron chi connectivity index (χ4n) is 5.58. The van der Waals surface area contributed by atoms with Crippen molar-refractivity contribution in [1.29, 1.82) is 0 Å². The lowest BCUT2D eigenvalue weighted by Crippen LogP contribution is -2.45. The van der Waals surface area contributed by atoms with Gasteiger partial charge in [0.2, 0.25) is 0 Å². The molecule has 8 nitrogen and oxygen atoms in total. The largest absolute Gasteiger partial charge is 0.347 e. The highest BCUT2D eigenvalue weighted by Crippen LogP contribution is 2.36. The van der Waals surface area contributed by atoms with Gasteiger partial charge in [0.15, 0.2) is 5.69 Å². The molecule has 1 saturated heterocycles. The van der Waals surface area contributed by atoms with Crippen molar-refractivity contribution in [1.82, 2.24) is 35.2 Å². The third kappa shape index (κ3) is 6.40. The Hall–Kier alpha value is -2.85. The van der Waals surface area contributed by atoms with Crippen LogP contribution in [0.2, 0.25) is 5.02 Å². The summed E-state index contributed by atoms with van der Waals surface area (Å²) in [6.45, 7) is 2.65. The van der Waals surface area contributed by atoms with E-state index in [-0.39, 0.29) is 31.0 Å². The average Bonchev–Trinajstić information content (AvgIpc) is 3.63. The van der Waals surface area contributed by atoms with Crippen LogP contribution in [-0.2, 0) is 6.42 Å². The lowest BCUT2D eigenvalue weighted by atomic mass is 10.0. The van der Waals surface area contributed by atoms with Gasteiger partial charge in [-0.1, -0.05) is 42.6 Å². The number of nitrogens with zero attached hydrogens (tertiary/aromatic N) is 5. The smallest absolute Gasteiger partial charge is 0.272 e. The molecule has 3 aromatic rings. The minimum absolute atomic E-state index is 0.0710. The molecule has 0 spiro atoms. The van der Waals surface area contributed by atoms with Gasteiger partial charge in [-0.05, 0) is 51.3 Å². The molecule has 1 aliphatic heterocycles. The maximum atomic E-state index is 13.9. The van der Waals surface area contributed by atoms with E-state index >= 15 is 0 Å². The number of aromatic nitrogens is 5. The molecule has 0 bridgehead atoms. The number of aromatic amines is 1. The maximum absolute atomic E-state index is 13.9. The number of benzene rings is 1. The summed E-state index contributed by atoms with van der Waals surface area (Å²) in [7, 11) is 0. The van der Waals surface area contributed by atoms with Gasteiger partial charge in [0.05, 0.1) is 18.3 Å². The highest BCUT2D eigenvalue weighted by atomic mass is 35.5. The molecule has 1 amide bonds. The number of rotatable bonds is 9.